The van der Waals surface area contributed by atoms with Crippen LogP contribution in [0.15, 0.2) is 48.6 Å². The van der Waals surface area contributed by atoms with Gasteiger partial charge < -0.3 is 0 Å². The van der Waals surface area contributed by atoms with Crippen LogP contribution < -0.4 is 0 Å². The van der Waals surface area contributed by atoms with Gasteiger partial charge in [0.05, 0.1) is 0 Å². The van der Waals surface area contributed by atoms with E-state index in [1.54, 1.807) is 6.08 Å². The topological polar surface area (TPSA) is 17.1 Å². The lowest BCUT2D eigenvalue weighted by Gasteiger charge is -1.99. The minimum atomic E-state index is 0.258. The molecule has 0 aromatic carbocycles. The maximum Gasteiger partial charge on any atom is 0.156 e. The van der Waals surface area contributed by atoms with Gasteiger partial charge in [0.25, 0.3) is 0 Å². The minimum Gasteiger partial charge on any atom is -0.295 e. The zero-order chi connectivity index (χ0) is 13.0. The maximum absolute atomic E-state index is 11.0. The Kier molecular flexibility index (Phi) is 12.5. The molecule has 1 aliphatic carbocycles. The summed E-state index contributed by atoms with van der Waals surface area (Å²) in [5, 5.41) is 0. The molecule has 0 radical (unpaired) electrons. The molecule has 0 saturated heterocycles. The van der Waals surface area contributed by atoms with Gasteiger partial charge in [0, 0.05) is 6.42 Å². The number of carbonyl (C=O) groups is 1. The second-order valence-electron chi connectivity index (χ2n) is 2.88. The highest BCUT2D eigenvalue weighted by atomic mass is 16.1. The predicted molar refractivity (Wildman–Crippen MR) is 73.5 cm³/mol. The number of hydrogen-bond acceptors (Lipinski definition) is 1. The summed E-state index contributed by atoms with van der Waals surface area (Å²) in [7, 11) is 0. The van der Waals surface area contributed by atoms with E-state index in [0.717, 1.165) is 6.42 Å². The minimum absolute atomic E-state index is 0.258. The average molecular weight is 220 g/mol. The Bertz CT molecular complexity index is 280. The summed E-state index contributed by atoms with van der Waals surface area (Å²) < 4.78 is 0. The van der Waals surface area contributed by atoms with Crippen molar-refractivity contribution < 1.29 is 4.79 Å². The normalized spacial score (nSPS) is 14.9. The van der Waals surface area contributed by atoms with Crippen molar-refractivity contribution in [2.45, 2.75) is 40.5 Å². The second-order valence-corrected chi connectivity index (χ2v) is 2.88. The van der Waals surface area contributed by atoms with Crippen LogP contribution in [0.25, 0.3) is 0 Å². The van der Waals surface area contributed by atoms with Crippen molar-refractivity contribution in [2.24, 2.45) is 0 Å². The van der Waals surface area contributed by atoms with Crippen LogP contribution in [-0.4, -0.2) is 5.78 Å². The van der Waals surface area contributed by atoms with Gasteiger partial charge in [0.15, 0.2) is 5.78 Å². The van der Waals surface area contributed by atoms with Crippen LogP contribution in [0.1, 0.15) is 40.5 Å². The molecule has 0 atom stereocenters. The first-order valence-electron chi connectivity index (χ1n) is 5.80. The third-order valence-electron chi connectivity index (χ3n) is 2.00. The summed E-state index contributed by atoms with van der Waals surface area (Å²) in [5.74, 6) is 0.258. The van der Waals surface area contributed by atoms with Gasteiger partial charge in [0.2, 0.25) is 0 Å². The Morgan fingerprint density at radius 3 is 2.12 bits per heavy atom. The van der Waals surface area contributed by atoms with Gasteiger partial charge in [-0.1, -0.05) is 32.1 Å². The quantitative estimate of drug-likeness (QED) is 0.490. The zero-order valence-electron chi connectivity index (χ0n) is 11.0. The highest BCUT2D eigenvalue weighted by molar-refractivity contribution is 5.94. The molecule has 0 aliphatic heterocycles. The van der Waals surface area contributed by atoms with Crippen LogP contribution in [0.3, 0.4) is 0 Å². The number of carbonyl (C=O) groups excluding carboxylic acids is 1. The van der Waals surface area contributed by atoms with E-state index in [0.29, 0.717) is 6.42 Å². The van der Waals surface area contributed by atoms with Gasteiger partial charge in [-0.2, -0.15) is 0 Å². The van der Waals surface area contributed by atoms with Crippen LogP contribution in [0.2, 0.25) is 0 Å². The van der Waals surface area contributed by atoms with E-state index >= 15 is 0 Å². The van der Waals surface area contributed by atoms with Crippen molar-refractivity contribution in [3.63, 3.8) is 0 Å². The SMILES string of the molecule is C/C=C\C(=C/C)C1=CC(=O)CC1.C=C.CC. The Hall–Kier alpha value is -1.37. The number of hydrogen-bond donors (Lipinski definition) is 0. The fourth-order valence-corrected chi connectivity index (χ4v) is 1.39. The molecule has 16 heavy (non-hydrogen) atoms. The molecule has 1 aliphatic rings. The predicted octanol–water partition coefficient (Wildman–Crippen LogP) is 4.63. The van der Waals surface area contributed by atoms with Crippen molar-refractivity contribution in [3.05, 3.63) is 48.6 Å². The van der Waals surface area contributed by atoms with Gasteiger partial charge in [-0.3, -0.25) is 4.79 Å². The van der Waals surface area contributed by atoms with Crippen molar-refractivity contribution in [2.75, 3.05) is 0 Å². The van der Waals surface area contributed by atoms with E-state index in [2.05, 4.69) is 13.2 Å². The van der Waals surface area contributed by atoms with Crippen molar-refractivity contribution in [3.8, 4) is 0 Å². The average Bonchev–Trinajstić information content (AvgIpc) is 2.78. The van der Waals surface area contributed by atoms with E-state index in [-0.39, 0.29) is 5.78 Å². The van der Waals surface area contributed by atoms with Crippen molar-refractivity contribution in [1.82, 2.24) is 0 Å². The molecule has 0 spiro atoms. The van der Waals surface area contributed by atoms with E-state index < -0.39 is 0 Å². The number of ketones is 1. The molecule has 0 saturated carbocycles. The summed E-state index contributed by atoms with van der Waals surface area (Å²) >= 11 is 0. The molecule has 0 fully saturated rings. The standard InChI is InChI=1S/C11H14O.C2H6.C2H4/c1-3-5-9(4-2)10-6-7-11(12)8-10;2*1-2/h3-5,8H,6-7H2,1-2H3;1-2H3;1-2H2/b5-3-,9-4+;;. The van der Waals surface area contributed by atoms with Gasteiger partial charge in [-0.25, -0.2) is 0 Å². The molecule has 0 N–H and O–H groups in total. The summed E-state index contributed by atoms with van der Waals surface area (Å²) in [6.45, 7) is 14.0. The number of rotatable bonds is 2. The smallest absolute Gasteiger partial charge is 0.156 e. The Morgan fingerprint density at radius 2 is 1.81 bits per heavy atom. The fraction of sp³-hybridized carbons (Fsp3) is 0.400. The maximum atomic E-state index is 11.0. The Morgan fingerprint density at radius 1 is 1.25 bits per heavy atom. The van der Waals surface area contributed by atoms with Crippen LogP contribution in [0, 0.1) is 0 Å². The van der Waals surface area contributed by atoms with Gasteiger partial charge in [-0.05, 0) is 37.5 Å². The van der Waals surface area contributed by atoms with E-state index in [4.69, 9.17) is 0 Å². The zero-order valence-corrected chi connectivity index (χ0v) is 11.0. The van der Waals surface area contributed by atoms with E-state index in [1.165, 1.54) is 11.1 Å². The Labute approximate surface area is 100 Å². The molecule has 1 nitrogen and oxygen atoms in total. The molecule has 0 aromatic rings. The van der Waals surface area contributed by atoms with Crippen LogP contribution >= 0.6 is 0 Å². The van der Waals surface area contributed by atoms with Gasteiger partial charge in [0.1, 0.15) is 0 Å². The Balaban J connectivity index is 0. The summed E-state index contributed by atoms with van der Waals surface area (Å²) in [6, 6.07) is 0. The first-order chi connectivity index (χ1) is 7.77. The summed E-state index contributed by atoms with van der Waals surface area (Å²) in [5.41, 5.74) is 2.36. The molecular formula is C15H24O. The van der Waals surface area contributed by atoms with Gasteiger partial charge >= 0.3 is 0 Å². The van der Waals surface area contributed by atoms with E-state index in [1.807, 2.05) is 45.9 Å². The molecule has 0 aromatic heterocycles. The van der Waals surface area contributed by atoms with E-state index in [9.17, 15) is 4.79 Å². The molecule has 0 amide bonds. The molecule has 1 heteroatoms. The second kappa shape index (κ2) is 11.7. The lowest BCUT2D eigenvalue weighted by atomic mass is 10.1. The van der Waals surface area contributed by atoms with Crippen molar-refractivity contribution >= 4 is 5.78 Å². The molecule has 90 valence electrons. The van der Waals surface area contributed by atoms with Crippen LogP contribution in [0.5, 0.6) is 0 Å². The van der Waals surface area contributed by atoms with Crippen molar-refractivity contribution in [1.29, 1.82) is 0 Å². The number of allylic oxidation sites excluding steroid dienone is 6. The first kappa shape index (κ1) is 17.0. The largest absolute Gasteiger partial charge is 0.295 e. The lowest BCUT2D eigenvalue weighted by Crippen LogP contribution is -1.80. The van der Waals surface area contributed by atoms with Crippen LogP contribution in [-0.2, 0) is 4.79 Å². The van der Waals surface area contributed by atoms with Crippen LogP contribution in [0.4, 0.5) is 0 Å². The fourth-order valence-electron chi connectivity index (χ4n) is 1.39. The van der Waals surface area contributed by atoms with Gasteiger partial charge in [-0.15, -0.1) is 13.2 Å². The molecule has 1 rings (SSSR count). The molecule has 0 unspecified atom stereocenters. The monoisotopic (exact) mass is 220 g/mol. The summed E-state index contributed by atoms with van der Waals surface area (Å²) in [6.07, 6.45) is 9.44. The molecular weight excluding hydrogens is 196 g/mol. The molecule has 0 heterocycles. The highest BCUT2D eigenvalue weighted by Crippen LogP contribution is 2.23. The highest BCUT2D eigenvalue weighted by Gasteiger charge is 2.12. The lowest BCUT2D eigenvalue weighted by molar-refractivity contribution is -0.114. The molecule has 0 bridgehead atoms. The summed E-state index contributed by atoms with van der Waals surface area (Å²) in [4.78, 5) is 11.0. The first-order valence-corrected chi connectivity index (χ1v) is 5.80. The third kappa shape index (κ3) is 6.18. The third-order valence-corrected chi connectivity index (χ3v) is 2.00.